The van der Waals surface area contributed by atoms with Gasteiger partial charge in [-0.25, -0.2) is 0 Å². The SMILES string of the molecule is O=C1NC(=O)c2cc(-c3ccc(C=C4C(=O)N(c5ccccc5)N=C4c4ccccc4)o3)ccc21. The van der Waals surface area contributed by atoms with Crippen LogP contribution in [0.1, 0.15) is 32.0 Å². The van der Waals surface area contributed by atoms with E-state index in [1.165, 1.54) is 5.01 Å². The number of fused-ring (bicyclic) bond motifs is 1. The summed E-state index contributed by atoms with van der Waals surface area (Å²) < 4.78 is 6.01. The number of nitrogens with zero attached hydrogens (tertiary/aromatic N) is 2. The summed E-state index contributed by atoms with van der Waals surface area (Å²) in [5.74, 6) is -0.127. The highest BCUT2D eigenvalue weighted by Crippen LogP contribution is 2.30. The Morgan fingerprint density at radius 1 is 0.743 bits per heavy atom. The third kappa shape index (κ3) is 3.55. The van der Waals surface area contributed by atoms with Crippen LogP contribution in [0.4, 0.5) is 5.69 Å². The summed E-state index contributed by atoms with van der Waals surface area (Å²) in [5.41, 5.74) is 3.73. The average Bonchev–Trinajstić information content (AvgIpc) is 3.57. The van der Waals surface area contributed by atoms with Crippen LogP contribution in [0.3, 0.4) is 0 Å². The topological polar surface area (TPSA) is 92.0 Å². The van der Waals surface area contributed by atoms with Crippen LogP contribution in [-0.2, 0) is 4.79 Å². The third-order valence-corrected chi connectivity index (χ3v) is 5.86. The van der Waals surface area contributed by atoms with E-state index in [0.29, 0.717) is 45.2 Å². The van der Waals surface area contributed by atoms with Crippen molar-refractivity contribution in [2.45, 2.75) is 0 Å². The zero-order valence-corrected chi connectivity index (χ0v) is 18.3. The Hall–Kier alpha value is -5.04. The summed E-state index contributed by atoms with van der Waals surface area (Å²) in [7, 11) is 0. The summed E-state index contributed by atoms with van der Waals surface area (Å²) in [6, 6.07) is 27.2. The molecule has 4 aromatic rings. The van der Waals surface area contributed by atoms with Gasteiger partial charge in [-0.3, -0.25) is 19.7 Å². The van der Waals surface area contributed by atoms with Crippen LogP contribution in [0.2, 0.25) is 0 Å². The first-order valence-corrected chi connectivity index (χ1v) is 10.9. The molecule has 3 amide bonds. The quantitative estimate of drug-likeness (QED) is 0.355. The van der Waals surface area contributed by atoms with Gasteiger partial charge in [-0.05, 0) is 42.5 Å². The zero-order valence-electron chi connectivity index (χ0n) is 18.3. The molecule has 1 aromatic heterocycles. The van der Waals surface area contributed by atoms with Crippen molar-refractivity contribution in [1.82, 2.24) is 5.32 Å². The highest BCUT2D eigenvalue weighted by Gasteiger charge is 2.32. The predicted octanol–water partition coefficient (Wildman–Crippen LogP) is 4.66. The van der Waals surface area contributed by atoms with Gasteiger partial charge in [0.05, 0.1) is 22.4 Å². The maximum Gasteiger partial charge on any atom is 0.281 e. The molecule has 0 saturated carbocycles. The molecule has 0 fully saturated rings. The standard InChI is InChI=1S/C28H17N3O4/c32-26-21-13-11-18(15-22(21)27(33)29-26)24-14-12-20(35-24)16-23-25(17-7-3-1-4-8-17)30-31(28(23)34)19-9-5-2-6-10-19/h1-16H,(H,29,32,33). The van der Waals surface area contributed by atoms with E-state index in [2.05, 4.69) is 10.4 Å². The molecule has 6 rings (SSSR count). The first-order valence-electron chi connectivity index (χ1n) is 10.9. The number of hydrogen-bond donors (Lipinski definition) is 1. The lowest BCUT2D eigenvalue weighted by Crippen LogP contribution is -2.21. The summed E-state index contributed by atoms with van der Waals surface area (Å²) in [5, 5.41) is 8.29. The maximum absolute atomic E-state index is 13.4. The van der Waals surface area contributed by atoms with Crippen LogP contribution in [0.5, 0.6) is 0 Å². The lowest BCUT2D eigenvalue weighted by molar-refractivity contribution is -0.114. The lowest BCUT2D eigenvalue weighted by atomic mass is 10.0. The van der Waals surface area contributed by atoms with Crippen molar-refractivity contribution in [3.63, 3.8) is 0 Å². The van der Waals surface area contributed by atoms with Crippen molar-refractivity contribution in [1.29, 1.82) is 0 Å². The number of nitrogens with one attached hydrogen (secondary N) is 1. The minimum atomic E-state index is -0.429. The molecule has 0 aliphatic carbocycles. The molecule has 2 aliphatic rings. The van der Waals surface area contributed by atoms with E-state index in [-0.39, 0.29) is 5.91 Å². The second kappa shape index (κ2) is 8.07. The number of rotatable bonds is 4. The van der Waals surface area contributed by atoms with Crippen molar-refractivity contribution >= 4 is 35.2 Å². The maximum atomic E-state index is 13.4. The minimum absolute atomic E-state index is 0.263. The molecule has 0 bridgehead atoms. The van der Waals surface area contributed by atoms with Crippen molar-refractivity contribution in [2.24, 2.45) is 5.10 Å². The number of hydrogen-bond acceptors (Lipinski definition) is 5. The van der Waals surface area contributed by atoms with E-state index >= 15 is 0 Å². The smallest absolute Gasteiger partial charge is 0.281 e. The number of imide groups is 1. The summed E-state index contributed by atoms with van der Waals surface area (Å²) in [4.78, 5) is 37.2. The predicted molar refractivity (Wildman–Crippen MR) is 131 cm³/mol. The molecule has 2 aliphatic heterocycles. The number of amides is 3. The van der Waals surface area contributed by atoms with Gasteiger partial charge in [0, 0.05) is 11.1 Å². The number of hydrazone groups is 1. The highest BCUT2D eigenvalue weighted by molar-refractivity contribution is 6.37. The molecular weight excluding hydrogens is 442 g/mol. The molecule has 0 atom stereocenters. The van der Waals surface area contributed by atoms with Crippen LogP contribution in [0.15, 0.2) is 106 Å². The van der Waals surface area contributed by atoms with Gasteiger partial charge in [0.2, 0.25) is 0 Å². The van der Waals surface area contributed by atoms with Gasteiger partial charge in [0.25, 0.3) is 17.7 Å². The molecule has 0 unspecified atom stereocenters. The monoisotopic (exact) mass is 459 g/mol. The first-order chi connectivity index (χ1) is 17.1. The molecule has 7 nitrogen and oxygen atoms in total. The van der Waals surface area contributed by atoms with E-state index in [0.717, 1.165) is 5.56 Å². The van der Waals surface area contributed by atoms with Gasteiger partial charge < -0.3 is 4.42 Å². The van der Waals surface area contributed by atoms with Crippen molar-refractivity contribution in [2.75, 3.05) is 5.01 Å². The molecular formula is C28H17N3O4. The largest absolute Gasteiger partial charge is 0.457 e. The molecule has 0 radical (unpaired) electrons. The van der Waals surface area contributed by atoms with Crippen LogP contribution < -0.4 is 10.3 Å². The average molecular weight is 459 g/mol. The van der Waals surface area contributed by atoms with Gasteiger partial charge in [-0.2, -0.15) is 10.1 Å². The Labute approximate surface area is 200 Å². The van der Waals surface area contributed by atoms with Crippen molar-refractivity contribution in [3.8, 4) is 11.3 Å². The Morgan fingerprint density at radius 2 is 1.46 bits per heavy atom. The van der Waals surface area contributed by atoms with E-state index < -0.39 is 11.8 Å². The van der Waals surface area contributed by atoms with Gasteiger partial charge in [0.1, 0.15) is 17.2 Å². The fourth-order valence-electron chi connectivity index (χ4n) is 4.15. The number of carbonyl (C=O) groups excluding carboxylic acids is 3. The van der Waals surface area contributed by atoms with Gasteiger partial charge in [0.15, 0.2) is 0 Å². The molecule has 3 heterocycles. The zero-order chi connectivity index (χ0) is 23.9. The Balaban J connectivity index is 1.38. The van der Waals surface area contributed by atoms with Crippen LogP contribution in [0, 0.1) is 0 Å². The minimum Gasteiger partial charge on any atom is -0.457 e. The van der Waals surface area contributed by atoms with Crippen molar-refractivity contribution in [3.05, 3.63) is 119 Å². The Bertz CT molecular complexity index is 1570. The lowest BCUT2D eigenvalue weighted by Gasteiger charge is -2.10. The van der Waals surface area contributed by atoms with Crippen LogP contribution >= 0.6 is 0 Å². The van der Waals surface area contributed by atoms with E-state index in [4.69, 9.17) is 4.42 Å². The second-order valence-corrected chi connectivity index (χ2v) is 8.07. The molecule has 35 heavy (non-hydrogen) atoms. The Kier molecular flexibility index (Phi) is 4.74. The molecule has 0 spiro atoms. The van der Waals surface area contributed by atoms with E-state index in [9.17, 15) is 14.4 Å². The third-order valence-electron chi connectivity index (χ3n) is 5.86. The number of carbonyl (C=O) groups is 3. The fourth-order valence-corrected chi connectivity index (χ4v) is 4.15. The number of para-hydroxylation sites is 1. The molecule has 3 aromatic carbocycles. The number of anilines is 1. The highest BCUT2D eigenvalue weighted by atomic mass is 16.3. The number of benzene rings is 3. The summed E-state index contributed by atoms with van der Waals surface area (Å²) in [6.07, 6.45) is 1.67. The number of furan rings is 1. The molecule has 7 heteroatoms. The fraction of sp³-hybridized carbons (Fsp3) is 0. The van der Waals surface area contributed by atoms with Crippen molar-refractivity contribution < 1.29 is 18.8 Å². The summed E-state index contributed by atoms with van der Waals surface area (Å²) in [6.45, 7) is 0. The van der Waals surface area contributed by atoms with Crippen LogP contribution in [-0.4, -0.2) is 23.4 Å². The summed E-state index contributed by atoms with van der Waals surface area (Å²) >= 11 is 0. The van der Waals surface area contributed by atoms with Gasteiger partial charge in [-0.15, -0.1) is 0 Å². The Morgan fingerprint density at radius 3 is 2.23 bits per heavy atom. The molecule has 168 valence electrons. The second-order valence-electron chi connectivity index (χ2n) is 8.07. The van der Waals surface area contributed by atoms with E-state index in [1.807, 2.05) is 60.7 Å². The van der Waals surface area contributed by atoms with Gasteiger partial charge >= 0.3 is 0 Å². The van der Waals surface area contributed by atoms with Gasteiger partial charge in [-0.1, -0.05) is 54.6 Å². The van der Waals surface area contributed by atoms with Crippen LogP contribution in [0.25, 0.3) is 17.4 Å². The molecule has 1 N–H and O–H groups in total. The van der Waals surface area contributed by atoms with E-state index in [1.54, 1.807) is 36.4 Å². The first kappa shape index (κ1) is 20.6. The normalized spacial score (nSPS) is 16.0. The molecule has 0 saturated heterocycles.